The minimum absolute atomic E-state index is 0.127. The van der Waals surface area contributed by atoms with Gasteiger partial charge in [0.25, 0.3) is 0 Å². The molecule has 0 aliphatic heterocycles. The molecule has 1 aromatic heterocycles. The van der Waals surface area contributed by atoms with E-state index in [1.165, 1.54) is 0 Å². The van der Waals surface area contributed by atoms with Crippen LogP contribution in [0.1, 0.15) is 12.6 Å². The number of benzene rings is 1. The summed E-state index contributed by atoms with van der Waals surface area (Å²) in [5, 5.41) is 2.81. The zero-order chi connectivity index (χ0) is 13.5. The SMILES string of the molecule is CC[n+]1ccccc1/C=C/C(=O)Nc1ccccc1. The predicted octanol–water partition coefficient (Wildman–Crippen LogP) is 2.65. The van der Waals surface area contributed by atoms with Gasteiger partial charge in [0.05, 0.1) is 0 Å². The number of anilines is 1. The van der Waals surface area contributed by atoms with Gasteiger partial charge < -0.3 is 5.32 Å². The summed E-state index contributed by atoms with van der Waals surface area (Å²) in [5.74, 6) is -0.127. The first-order valence-electron chi connectivity index (χ1n) is 6.32. The van der Waals surface area contributed by atoms with Crippen LogP contribution in [0.25, 0.3) is 6.08 Å². The molecule has 0 bridgehead atoms. The van der Waals surface area contributed by atoms with Gasteiger partial charge in [0.1, 0.15) is 6.54 Å². The maximum Gasteiger partial charge on any atom is 0.248 e. The highest BCUT2D eigenvalue weighted by Crippen LogP contribution is 2.05. The van der Waals surface area contributed by atoms with Crippen molar-refractivity contribution in [3.05, 3.63) is 66.5 Å². The van der Waals surface area contributed by atoms with Crippen molar-refractivity contribution in [2.75, 3.05) is 5.32 Å². The summed E-state index contributed by atoms with van der Waals surface area (Å²) < 4.78 is 2.08. The second-order valence-electron chi connectivity index (χ2n) is 4.10. The van der Waals surface area contributed by atoms with Gasteiger partial charge >= 0.3 is 0 Å². The third-order valence-electron chi connectivity index (χ3n) is 2.76. The number of aromatic nitrogens is 1. The minimum Gasteiger partial charge on any atom is -0.323 e. The lowest BCUT2D eigenvalue weighted by molar-refractivity contribution is -0.695. The first kappa shape index (κ1) is 13.0. The molecular weight excluding hydrogens is 236 g/mol. The predicted molar refractivity (Wildman–Crippen MR) is 76.4 cm³/mol. The monoisotopic (exact) mass is 253 g/mol. The van der Waals surface area contributed by atoms with Crippen molar-refractivity contribution in [1.82, 2.24) is 0 Å². The standard InChI is InChI=1S/C16H16N2O/c1-2-18-13-7-6-10-15(18)11-12-16(19)17-14-8-4-3-5-9-14/h3-13H,2H2,1H3/p+1/b12-11+. The van der Waals surface area contributed by atoms with Gasteiger partial charge in [-0.15, -0.1) is 0 Å². The van der Waals surface area contributed by atoms with Crippen LogP contribution in [0.2, 0.25) is 0 Å². The molecule has 0 aliphatic rings. The number of amides is 1. The lowest BCUT2D eigenvalue weighted by Crippen LogP contribution is -2.34. The normalized spacial score (nSPS) is 10.6. The topological polar surface area (TPSA) is 33.0 Å². The first-order chi connectivity index (χ1) is 9.29. The molecule has 1 heterocycles. The Bertz CT molecular complexity index is 576. The van der Waals surface area contributed by atoms with E-state index >= 15 is 0 Å². The van der Waals surface area contributed by atoms with Gasteiger partial charge in [-0.3, -0.25) is 4.79 Å². The summed E-state index contributed by atoms with van der Waals surface area (Å²) in [6.45, 7) is 2.95. The number of para-hydroxylation sites is 1. The Kier molecular flexibility index (Phi) is 4.45. The van der Waals surface area contributed by atoms with Crippen LogP contribution in [0.15, 0.2) is 60.8 Å². The van der Waals surface area contributed by atoms with Crippen molar-refractivity contribution in [1.29, 1.82) is 0 Å². The van der Waals surface area contributed by atoms with E-state index in [-0.39, 0.29) is 5.91 Å². The van der Waals surface area contributed by atoms with E-state index in [2.05, 4.69) is 16.8 Å². The number of carbonyl (C=O) groups excluding carboxylic acids is 1. The molecule has 0 aliphatic carbocycles. The van der Waals surface area contributed by atoms with Crippen LogP contribution in [0.5, 0.6) is 0 Å². The Hall–Kier alpha value is -2.42. The number of hydrogen-bond donors (Lipinski definition) is 1. The van der Waals surface area contributed by atoms with Crippen LogP contribution >= 0.6 is 0 Å². The van der Waals surface area contributed by atoms with Crippen molar-refractivity contribution in [2.45, 2.75) is 13.5 Å². The van der Waals surface area contributed by atoms with Crippen molar-refractivity contribution >= 4 is 17.7 Å². The third-order valence-corrected chi connectivity index (χ3v) is 2.76. The maximum atomic E-state index is 11.8. The van der Waals surface area contributed by atoms with Gasteiger partial charge in [-0.25, -0.2) is 0 Å². The fourth-order valence-corrected chi connectivity index (χ4v) is 1.80. The number of pyridine rings is 1. The van der Waals surface area contributed by atoms with Crippen molar-refractivity contribution in [2.24, 2.45) is 0 Å². The van der Waals surface area contributed by atoms with E-state index in [1.807, 2.05) is 60.8 Å². The highest BCUT2D eigenvalue weighted by Gasteiger charge is 2.03. The van der Waals surface area contributed by atoms with E-state index in [0.717, 1.165) is 17.9 Å². The van der Waals surface area contributed by atoms with E-state index in [9.17, 15) is 4.79 Å². The van der Waals surface area contributed by atoms with E-state index < -0.39 is 0 Å². The molecule has 0 fully saturated rings. The second kappa shape index (κ2) is 6.50. The second-order valence-corrected chi connectivity index (χ2v) is 4.10. The number of carbonyl (C=O) groups is 1. The molecule has 96 valence electrons. The number of nitrogens with zero attached hydrogens (tertiary/aromatic N) is 1. The summed E-state index contributed by atoms with van der Waals surface area (Å²) >= 11 is 0. The molecule has 2 aromatic rings. The number of hydrogen-bond acceptors (Lipinski definition) is 1. The molecule has 0 unspecified atom stereocenters. The molecule has 0 spiro atoms. The lowest BCUT2D eigenvalue weighted by atomic mass is 10.3. The molecule has 0 atom stereocenters. The molecule has 0 saturated carbocycles. The summed E-state index contributed by atoms with van der Waals surface area (Å²) in [4.78, 5) is 11.8. The zero-order valence-corrected chi connectivity index (χ0v) is 10.9. The van der Waals surface area contributed by atoms with Gasteiger partial charge in [0.2, 0.25) is 11.6 Å². The van der Waals surface area contributed by atoms with E-state index in [4.69, 9.17) is 0 Å². The molecular formula is C16H17N2O+. The quantitative estimate of drug-likeness (QED) is 0.659. The summed E-state index contributed by atoms with van der Waals surface area (Å²) in [7, 11) is 0. The smallest absolute Gasteiger partial charge is 0.248 e. The van der Waals surface area contributed by atoms with Crippen LogP contribution in [0, 0.1) is 0 Å². The van der Waals surface area contributed by atoms with E-state index in [1.54, 1.807) is 6.08 Å². The van der Waals surface area contributed by atoms with Gasteiger partial charge in [-0.05, 0) is 25.1 Å². The molecule has 2 rings (SSSR count). The van der Waals surface area contributed by atoms with Gasteiger partial charge in [0, 0.05) is 30.0 Å². The molecule has 0 saturated heterocycles. The van der Waals surface area contributed by atoms with Crippen LogP contribution in [0.3, 0.4) is 0 Å². The number of nitrogens with one attached hydrogen (secondary N) is 1. The maximum absolute atomic E-state index is 11.8. The first-order valence-corrected chi connectivity index (χ1v) is 6.32. The van der Waals surface area contributed by atoms with Crippen LogP contribution < -0.4 is 9.88 Å². The fourth-order valence-electron chi connectivity index (χ4n) is 1.80. The Morgan fingerprint density at radius 1 is 1.16 bits per heavy atom. The third kappa shape index (κ3) is 3.78. The lowest BCUT2D eigenvalue weighted by Gasteiger charge is -2.00. The molecule has 3 nitrogen and oxygen atoms in total. The van der Waals surface area contributed by atoms with Gasteiger partial charge in [0.15, 0.2) is 6.20 Å². The summed E-state index contributed by atoms with van der Waals surface area (Å²) in [6, 6.07) is 15.3. The Morgan fingerprint density at radius 2 is 1.89 bits per heavy atom. The Balaban J connectivity index is 2.04. The van der Waals surface area contributed by atoms with Crippen LogP contribution in [-0.4, -0.2) is 5.91 Å². The van der Waals surface area contributed by atoms with Gasteiger partial charge in [-0.1, -0.05) is 18.2 Å². The summed E-state index contributed by atoms with van der Waals surface area (Å²) in [6.07, 6.45) is 5.37. The van der Waals surface area contributed by atoms with Crippen LogP contribution in [-0.2, 0) is 11.3 Å². The zero-order valence-electron chi connectivity index (χ0n) is 10.9. The van der Waals surface area contributed by atoms with E-state index in [0.29, 0.717) is 0 Å². The van der Waals surface area contributed by atoms with Crippen molar-refractivity contribution in [3.63, 3.8) is 0 Å². The average Bonchev–Trinajstić information content (AvgIpc) is 2.46. The fraction of sp³-hybridized carbons (Fsp3) is 0.125. The molecule has 1 aromatic carbocycles. The molecule has 0 radical (unpaired) electrons. The highest BCUT2D eigenvalue weighted by atomic mass is 16.1. The van der Waals surface area contributed by atoms with Gasteiger partial charge in [-0.2, -0.15) is 4.57 Å². The van der Waals surface area contributed by atoms with Crippen molar-refractivity contribution in [3.8, 4) is 0 Å². The number of rotatable bonds is 4. The number of aryl methyl sites for hydroxylation is 1. The molecule has 1 amide bonds. The van der Waals surface area contributed by atoms with Crippen LogP contribution in [0.4, 0.5) is 5.69 Å². The Labute approximate surface area is 113 Å². The average molecular weight is 253 g/mol. The largest absolute Gasteiger partial charge is 0.323 e. The van der Waals surface area contributed by atoms with Crippen molar-refractivity contribution < 1.29 is 9.36 Å². The minimum atomic E-state index is -0.127. The molecule has 3 heteroatoms. The Morgan fingerprint density at radius 3 is 2.63 bits per heavy atom. The molecule has 1 N–H and O–H groups in total. The summed E-state index contributed by atoms with van der Waals surface area (Å²) in [5.41, 5.74) is 1.81. The highest BCUT2D eigenvalue weighted by molar-refractivity contribution is 6.01. The molecule has 19 heavy (non-hydrogen) atoms.